The van der Waals surface area contributed by atoms with Gasteiger partial charge in [-0.1, -0.05) is 41.5 Å². The van der Waals surface area contributed by atoms with Crippen LogP contribution in [0.15, 0.2) is 35.5 Å². The van der Waals surface area contributed by atoms with Gasteiger partial charge in [0, 0.05) is 54.3 Å². The summed E-state index contributed by atoms with van der Waals surface area (Å²) in [6.45, 7) is 16.2. The minimum Gasteiger partial charge on any atom is -0.512 e. The molecule has 0 saturated heterocycles. The van der Waals surface area contributed by atoms with Gasteiger partial charge in [0.05, 0.1) is 17.3 Å². The van der Waals surface area contributed by atoms with E-state index in [0.717, 1.165) is 0 Å². The smallest absolute Gasteiger partial charge is 0.155 e. The van der Waals surface area contributed by atoms with Crippen molar-refractivity contribution >= 4 is 17.3 Å². The second-order valence-corrected chi connectivity index (χ2v) is 8.53. The maximum absolute atomic E-state index is 10.4. The van der Waals surface area contributed by atoms with E-state index in [-0.39, 0.29) is 51.4 Å². The van der Waals surface area contributed by atoms with E-state index in [4.69, 9.17) is 15.3 Å². The van der Waals surface area contributed by atoms with Crippen LogP contribution in [0, 0.1) is 17.8 Å². The standard InChI is InChI=1S/3C8H14O2.Co/c3*1-6(2)4-8(10)5-7(3)9;/h3*5-6,10H,4H2,1-3H3;/b3*8-5-;. The fourth-order valence-electron chi connectivity index (χ4n) is 2.14. The zero-order chi connectivity index (χ0) is 24.4. The Balaban J connectivity index is -0.000000174. The van der Waals surface area contributed by atoms with Crippen LogP contribution in [0.4, 0.5) is 0 Å². The van der Waals surface area contributed by atoms with Crippen molar-refractivity contribution in [1.82, 2.24) is 0 Å². The molecule has 1 radical (unpaired) electrons. The molecule has 31 heavy (non-hydrogen) atoms. The van der Waals surface area contributed by atoms with Gasteiger partial charge in [-0.2, -0.15) is 0 Å². The van der Waals surface area contributed by atoms with Crippen molar-refractivity contribution < 1.29 is 46.5 Å². The topological polar surface area (TPSA) is 112 Å². The summed E-state index contributed by atoms with van der Waals surface area (Å²) in [5.41, 5.74) is 0. The number of allylic oxidation sites excluding steroid dienone is 6. The zero-order valence-corrected chi connectivity index (χ0v) is 21.5. The molecule has 0 aliphatic carbocycles. The third-order valence-electron chi connectivity index (χ3n) is 2.96. The first kappa shape index (κ1) is 36.5. The van der Waals surface area contributed by atoms with Crippen LogP contribution < -0.4 is 0 Å². The van der Waals surface area contributed by atoms with Crippen LogP contribution in [0.3, 0.4) is 0 Å². The third-order valence-corrected chi connectivity index (χ3v) is 2.96. The van der Waals surface area contributed by atoms with Crippen LogP contribution in [-0.4, -0.2) is 32.7 Å². The van der Waals surface area contributed by atoms with E-state index >= 15 is 0 Å². The Labute approximate surface area is 198 Å². The molecule has 0 bridgehead atoms. The molecule has 183 valence electrons. The summed E-state index contributed by atoms with van der Waals surface area (Å²) < 4.78 is 0. The molecular weight excluding hydrogens is 443 g/mol. The molecular formula is C24H42CoO6. The van der Waals surface area contributed by atoms with Crippen molar-refractivity contribution in [1.29, 1.82) is 0 Å². The number of hydrogen-bond donors (Lipinski definition) is 3. The predicted octanol–water partition coefficient (Wildman–Crippen LogP) is 6.19. The Hall–Kier alpha value is -1.86. The molecule has 0 aromatic carbocycles. The summed E-state index contributed by atoms with van der Waals surface area (Å²) >= 11 is 0. The summed E-state index contributed by atoms with van der Waals surface area (Å²) in [4.78, 5) is 31.2. The van der Waals surface area contributed by atoms with Gasteiger partial charge in [-0.15, -0.1) is 0 Å². The largest absolute Gasteiger partial charge is 0.512 e. The van der Waals surface area contributed by atoms with Crippen LogP contribution in [0.5, 0.6) is 0 Å². The van der Waals surface area contributed by atoms with Gasteiger partial charge in [-0.3, -0.25) is 14.4 Å². The minimum atomic E-state index is -0.0989. The van der Waals surface area contributed by atoms with E-state index in [2.05, 4.69) is 0 Å². The van der Waals surface area contributed by atoms with Gasteiger partial charge in [0.2, 0.25) is 0 Å². The summed E-state index contributed by atoms with van der Waals surface area (Å²) in [6, 6.07) is 0. The summed E-state index contributed by atoms with van der Waals surface area (Å²) in [6.07, 6.45) is 5.54. The molecule has 7 heteroatoms. The second-order valence-electron chi connectivity index (χ2n) is 8.53. The van der Waals surface area contributed by atoms with Crippen molar-refractivity contribution in [2.75, 3.05) is 0 Å². The van der Waals surface area contributed by atoms with Gasteiger partial charge in [-0.05, 0) is 38.5 Å². The van der Waals surface area contributed by atoms with Crippen LogP contribution in [0.2, 0.25) is 0 Å². The fraction of sp³-hybridized carbons (Fsp3) is 0.625. The van der Waals surface area contributed by atoms with Crippen molar-refractivity contribution in [3.05, 3.63) is 35.5 Å². The molecule has 6 nitrogen and oxygen atoms in total. The average molecular weight is 486 g/mol. The SMILES string of the molecule is CC(=O)/C=C(\O)CC(C)C.CC(=O)/C=C(\O)CC(C)C.CC(=O)/C=C(\O)CC(C)C.[Co]. The van der Waals surface area contributed by atoms with E-state index < -0.39 is 0 Å². The summed E-state index contributed by atoms with van der Waals surface area (Å²) in [5, 5.41) is 27.1. The maximum atomic E-state index is 10.4. The molecule has 0 aromatic heterocycles. The minimum absolute atomic E-state index is 0. The molecule has 0 saturated carbocycles. The predicted molar refractivity (Wildman–Crippen MR) is 123 cm³/mol. The molecule has 0 aliphatic rings. The van der Waals surface area contributed by atoms with Crippen LogP contribution in [0.25, 0.3) is 0 Å². The van der Waals surface area contributed by atoms with Gasteiger partial charge in [0.15, 0.2) is 17.3 Å². The summed E-state index contributed by atoms with van der Waals surface area (Å²) in [7, 11) is 0. The molecule has 0 fully saturated rings. The first-order chi connectivity index (χ1) is 13.6. The molecule has 3 N–H and O–H groups in total. The Bertz CT molecular complexity index is 528. The number of aliphatic hydroxyl groups is 3. The normalized spacial score (nSPS) is 11.8. The molecule has 0 spiro atoms. The van der Waals surface area contributed by atoms with E-state index in [1.807, 2.05) is 41.5 Å². The van der Waals surface area contributed by atoms with Crippen LogP contribution >= 0.6 is 0 Å². The van der Waals surface area contributed by atoms with E-state index in [1.54, 1.807) is 0 Å². The van der Waals surface area contributed by atoms with Gasteiger partial charge in [0.25, 0.3) is 0 Å². The Morgan fingerprint density at radius 1 is 0.548 bits per heavy atom. The van der Waals surface area contributed by atoms with Crippen molar-refractivity contribution in [3.63, 3.8) is 0 Å². The van der Waals surface area contributed by atoms with Crippen LogP contribution in [-0.2, 0) is 31.2 Å². The fourth-order valence-corrected chi connectivity index (χ4v) is 2.14. The van der Waals surface area contributed by atoms with E-state index in [1.165, 1.54) is 39.0 Å². The number of ketones is 3. The molecule has 0 unspecified atom stereocenters. The number of aliphatic hydroxyl groups excluding tert-OH is 3. The van der Waals surface area contributed by atoms with Gasteiger partial charge in [-0.25, -0.2) is 0 Å². The molecule has 0 atom stereocenters. The molecule has 0 rings (SSSR count). The molecule has 0 heterocycles. The Morgan fingerprint density at radius 3 is 0.806 bits per heavy atom. The second kappa shape index (κ2) is 21.4. The van der Waals surface area contributed by atoms with Crippen molar-refractivity contribution in [2.24, 2.45) is 17.8 Å². The van der Waals surface area contributed by atoms with Crippen molar-refractivity contribution in [3.8, 4) is 0 Å². The third kappa shape index (κ3) is 39.2. The van der Waals surface area contributed by atoms with Gasteiger partial charge in [0.1, 0.15) is 0 Å². The zero-order valence-electron chi connectivity index (χ0n) is 20.5. The Morgan fingerprint density at radius 2 is 0.710 bits per heavy atom. The average Bonchev–Trinajstić information content (AvgIpc) is 2.42. The van der Waals surface area contributed by atoms with Crippen LogP contribution in [0.1, 0.15) is 81.6 Å². The maximum Gasteiger partial charge on any atom is 0.155 e. The first-order valence-electron chi connectivity index (χ1n) is 10.3. The van der Waals surface area contributed by atoms with E-state index in [0.29, 0.717) is 37.0 Å². The monoisotopic (exact) mass is 485 g/mol. The summed E-state index contributed by atoms with van der Waals surface area (Å²) in [5.74, 6) is 1.45. The number of rotatable bonds is 9. The molecule has 0 aromatic rings. The van der Waals surface area contributed by atoms with E-state index in [9.17, 15) is 14.4 Å². The Kier molecular flexibility index (Phi) is 25.2. The molecule has 0 amide bonds. The van der Waals surface area contributed by atoms with Gasteiger partial charge < -0.3 is 15.3 Å². The molecule has 0 aliphatic heterocycles. The quantitative estimate of drug-likeness (QED) is 0.265. The van der Waals surface area contributed by atoms with Gasteiger partial charge >= 0.3 is 0 Å². The van der Waals surface area contributed by atoms with Crippen molar-refractivity contribution in [2.45, 2.75) is 81.6 Å². The number of hydrogen-bond acceptors (Lipinski definition) is 6. The number of carbonyl (C=O) groups excluding carboxylic acids is 3. The number of carbonyl (C=O) groups is 3. The first-order valence-corrected chi connectivity index (χ1v) is 10.3.